The van der Waals surface area contributed by atoms with Gasteiger partial charge >= 0.3 is 6.09 Å². The molecule has 4 amide bonds. The second kappa shape index (κ2) is 13.2. The number of primary amides is 1. The number of fused-ring (bicyclic) bond motifs is 1. The molecule has 0 spiro atoms. The van der Waals surface area contributed by atoms with Crippen molar-refractivity contribution < 1.29 is 29.0 Å². The van der Waals surface area contributed by atoms with Gasteiger partial charge < -0.3 is 31.1 Å². The first-order valence-corrected chi connectivity index (χ1v) is 13.5. The number of nitrogens with two attached hydrogens (primary N) is 1. The third kappa shape index (κ3) is 8.44. The van der Waals surface area contributed by atoms with Gasteiger partial charge in [-0.05, 0) is 87.2 Å². The molecule has 3 rings (SSSR count). The van der Waals surface area contributed by atoms with Gasteiger partial charge in [-0.3, -0.25) is 14.4 Å². The van der Waals surface area contributed by atoms with Gasteiger partial charge in [-0.25, -0.2) is 4.79 Å². The van der Waals surface area contributed by atoms with Crippen LogP contribution in [0.15, 0.2) is 60.7 Å². The summed E-state index contributed by atoms with van der Waals surface area (Å²) in [4.78, 5) is 53.4. The van der Waals surface area contributed by atoms with E-state index in [1.54, 1.807) is 52.8 Å². The topological polar surface area (TPSA) is 151 Å². The van der Waals surface area contributed by atoms with Crippen molar-refractivity contribution in [3.05, 3.63) is 71.8 Å². The van der Waals surface area contributed by atoms with Crippen LogP contribution < -0.4 is 16.4 Å². The van der Waals surface area contributed by atoms with Crippen LogP contribution in [-0.4, -0.2) is 52.0 Å². The summed E-state index contributed by atoms with van der Waals surface area (Å²) in [6.07, 6.45) is -1.10. The molecule has 10 heteroatoms. The number of aromatic hydroxyl groups is 1. The highest BCUT2D eigenvalue weighted by Gasteiger charge is 2.36. The fourth-order valence-electron chi connectivity index (χ4n) is 4.46. The molecular weight excluding hydrogens is 524 g/mol. The molecule has 3 aromatic rings. The molecule has 0 bridgehead atoms. The zero-order valence-electron chi connectivity index (χ0n) is 24.1. The number of hydrogen-bond donors (Lipinski definition) is 4. The van der Waals surface area contributed by atoms with Gasteiger partial charge in [-0.1, -0.05) is 36.4 Å². The minimum Gasteiger partial charge on any atom is -0.508 e. The Hall–Kier alpha value is -4.60. The second-order valence-corrected chi connectivity index (χ2v) is 10.8. The Morgan fingerprint density at radius 1 is 1.00 bits per heavy atom. The molecule has 0 aliphatic carbocycles. The van der Waals surface area contributed by atoms with Gasteiger partial charge in [0.1, 0.15) is 23.4 Å². The second-order valence-electron chi connectivity index (χ2n) is 10.8. The first-order chi connectivity index (χ1) is 19.3. The molecule has 0 heterocycles. The Morgan fingerprint density at radius 3 is 2.29 bits per heavy atom. The van der Waals surface area contributed by atoms with Crippen LogP contribution in [0.4, 0.5) is 10.5 Å². The predicted octanol–water partition coefficient (Wildman–Crippen LogP) is 4.54. The molecule has 0 aliphatic heterocycles. The number of benzene rings is 3. The van der Waals surface area contributed by atoms with E-state index in [1.165, 1.54) is 11.0 Å². The number of ether oxygens (including phenoxy) is 1. The summed E-state index contributed by atoms with van der Waals surface area (Å²) in [5.41, 5.74) is 6.04. The third-order valence-electron chi connectivity index (χ3n) is 6.41. The van der Waals surface area contributed by atoms with Crippen LogP contribution in [0.5, 0.6) is 5.75 Å². The highest BCUT2D eigenvalue weighted by Crippen LogP contribution is 2.29. The molecule has 3 aromatic carbocycles. The zero-order chi connectivity index (χ0) is 30.3. The van der Waals surface area contributed by atoms with Crippen molar-refractivity contribution in [3.8, 4) is 5.75 Å². The monoisotopic (exact) mass is 562 g/mol. The molecule has 10 nitrogen and oxygen atoms in total. The maximum Gasteiger partial charge on any atom is 0.408 e. The van der Waals surface area contributed by atoms with E-state index in [-0.39, 0.29) is 25.1 Å². The summed E-state index contributed by atoms with van der Waals surface area (Å²) in [6, 6.07) is 15.6. The summed E-state index contributed by atoms with van der Waals surface area (Å²) in [5, 5.41) is 17.5. The number of alkyl carbamates (subject to hydrolysis) is 1. The number of anilines is 1. The number of hydrogen-bond acceptors (Lipinski definition) is 6. The Balaban J connectivity index is 2.00. The molecule has 2 atom stereocenters. The molecule has 218 valence electrons. The average molecular weight is 563 g/mol. The lowest BCUT2D eigenvalue weighted by molar-refractivity contribution is -0.140. The molecule has 0 radical (unpaired) electrons. The standard InChI is InChI=1S/C31H38N4O6/c1-6-35(29(39)24(14-16-26(32)37)34-30(40)41-31(3,4)5)27(22-12-15-25(36)19(2)17-22)28(38)33-23-13-11-20-9-7-8-10-21(20)18-23/h7-13,15,17-18,24,27,36H,6,14,16H2,1-5H3,(H2,32,37)(H,33,38)(H,34,40). The minimum atomic E-state index is -1.19. The van der Waals surface area contributed by atoms with Crippen molar-refractivity contribution in [1.82, 2.24) is 10.2 Å². The number of carbonyl (C=O) groups is 4. The smallest absolute Gasteiger partial charge is 0.408 e. The highest BCUT2D eigenvalue weighted by atomic mass is 16.6. The maximum absolute atomic E-state index is 14.0. The van der Waals surface area contributed by atoms with Crippen LogP contribution in [0.2, 0.25) is 0 Å². The molecule has 41 heavy (non-hydrogen) atoms. The molecule has 0 aromatic heterocycles. The maximum atomic E-state index is 14.0. The van der Waals surface area contributed by atoms with Crippen molar-refractivity contribution in [2.45, 2.75) is 65.1 Å². The van der Waals surface area contributed by atoms with Crippen molar-refractivity contribution in [3.63, 3.8) is 0 Å². The molecule has 0 aliphatic rings. The van der Waals surface area contributed by atoms with Gasteiger partial charge in [0.25, 0.3) is 5.91 Å². The molecule has 0 saturated carbocycles. The van der Waals surface area contributed by atoms with Gasteiger partial charge in [0, 0.05) is 18.7 Å². The van der Waals surface area contributed by atoms with Crippen LogP contribution in [0.25, 0.3) is 10.8 Å². The van der Waals surface area contributed by atoms with Crippen molar-refractivity contribution in [1.29, 1.82) is 0 Å². The largest absolute Gasteiger partial charge is 0.508 e. The number of rotatable bonds is 10. The predicted molar refractivity (Wildman–Crippen MR) is 157 cm³/mol. The van der Waals surface area contributed by atoms with Crippen LogP contribution in [0.3, 0.4) is 0 Å². The van der Waals surface area contributed by atoms with E-state index in [9.17, 15) is 24.3 Å². The van der Waals surface area contributed by atoms with Gasteiger partial charge in [-0.2, -0.15) is 0 Å². The lowest BCUT2D eigenvalue weighted by Crippen LogP contribution is -2.52. The number of phenols is 1. The van der Waals surface area contributed by atoms with Gasteiger partial charge in [0.15, 0.2) is 0 Å². The summed E-state index contributed by atoms with van der Waals surface area (Å²) in [5.74, 6) is -1.69. The fourth-order valence-corrected chi connectivity index (χ4v) is 4.46. The van der Waals surface area contributed by atoms with Crippen molar-refractivity contribution >= 4 is 40.3 Å². The number of likely N-dealkylation sites (N-methyl/N-ethyl adjacent to an activating group) is 1. The van der Waals surface area contributed by atoms with E-state index in [0.717, 1.165) is 10.8 Å². The van der Waals surface area contributed by atoms with Gasteiger partial charge in [0.05, 0.1) is 0 Å². The van der Waals surface area contributed by atoms with Crippen LogP contribution in [-0.2, 0) is 19.1 Å². The summed E-state index contributed by atoms with van der Waals surface area (Å²) in [7, 11) is 0. The van der Waals surface area contributed by atoms with Crippen molar-refractivity contribution in [2.75, 3.05) is 11.9 Å². The fraction of sp³-hybridized carbons (Fsp3) is 0.355. The quantitative estimate of drug-likeness (QED) is 0.285. The normalized spacial score (nSPS) is 12.7. The Labute approximate surface area is 239 Å². The number of phenolic OH excluding ortho intramolecular Hbond substituents is 1. The van der Waals surface area contributed by atoms with E-state index in [2.05, 4.69) is 10.6 Å². The molecular formula is C31H38N4O6. The average Bonchev–Trinajstić information content (AvgIpc) is 2.89. The Morgan fingerprint density at radius 2 is 1.68 bits per heavy atom. The zero-order valence-corrected chi connectivity index (χ0v) is 24.1. The molecule has 0 saturated heterocycles. The minimum absolute atomic E-state index is 0.0442. The number of carbonyl (C=O) groups excluding carboxylic acids is 4. The van der Waals surface area contributed by atoms with Crippen LogP contribution in [0, 0.1) is 6.92 Å². The lowest BCUT2D eigenvalue weighted by Gasteiger charge is -2.34. The summed E-state index contributed by atoms with van der Waals surface area (Å²) >= 11 is 0. The summed E-state index contributed by atoms with van der Waals surface area (Å²) in [6.45, 7) is 8.55. The number of nitrogens with one attached hydrogen (secondary N) is 2. The molecule has 5 N–H and O–H groups in total. The summed E-state index contributed by atoms with van der Waals surface area (Å²) < 4.78 is 5.33. The Kier molecular flexibility index (Phi) is 9.94. The third-order valence-corrected chi connectivity index (χ3v) is 6.41. The van der Waals surface area contributed by atoms with Gasteiger partial charge in [-0.15, -0.1) is 0 Å². The first kappa shape index (κ1) is 30.9. The van der Waals surface area contributed by atoms with Gasteiger partial charge in [0.2, 0.25) is 11.8 Å². The molecule has 0 fully saturated rings. The first-order valence-electron chi connectivity index (χ1n) is 13.5. The van der Waals surface area contributed by atoms with Crippen molar-refractivity contribution in [2.24, 2.45) is 5.73 Å². The van der Waals surface area contributed by atoms with Crippen LogP contribution in [0.1, 0.15) is 57.7 Å². The lowest BCUT2D eigenvalue weighted by atomic mass is 9.99. The number of aryl methyl sites for hydroxylation is 1. The van der Waals surface area contributed by atoms with E-state index in [4.69, 9.17) is 10.5 Å². The molecule has 2 unspecified atom stereocenters. The van der Waals surface area contributed by atoms with E-state index in [1.807, 2.05) is 36.4 Å². The van der Waals surface area contributed by atoms with Crippen LogP contribution >= 0.6 is 0 Å². The highest BCUT2D eigenvalue weighted by molar-refractivity contribution is 6.00. The number of nitrogens with zero attached hydrogens (tertiary/aromatic N) is 1. The SMILES string of the molecule is CCN(C(=O)C(CCC(N)=O)NC(=O)OC(C)(C)C)C(C(=O)Nc1ccc2ccccc2c1)c1ccc(O)c(C)c1. The Bertz CT molecular complexity index is 1430. The van der Waals surface area contributed by atoms with E-state index >= 15 is 0 Å². The number of amides is 4. The van der Waals surface area contributed by atoms with E-state index < -0.39 is 41.5 Å². The van der Waals surface area contributed by atoms with E-state index in [0.29, 0.717) is 16.8 Å².